The van der Waals surface area contributed by atoms with Crippen molar-refractivity contribution in [2.45, 2.75) is 19.6 Å². The fourth-order valence-electron chi connectivity index (χ4n) is 6.33. The minimum atomic E-state index is -0.862. The number of phenols is 1. The van der Waals surface area contributed by atoms with Crippen LogP contribution in [0.25, 0.3) is 32.3 Å². The summed E-state index contributed by atoms with van der Waals surface area (Å²) in [7, 11) is 0. The Balaban J connectivity index is 1.14. The molecule has 29 heteroatoms. The van der Waals surface area contributed by atoms with E-state index >= 15 is 0 Å². The molecule has 0 amide bonds. The van der Waals surface area contributed by atoms with E-state index in [0.29, 0.717) is 105 Å². The van der Waals surface area contributed by atoms with Crippen molar-refractivity contribution in [3.8, 4) is 5.75 Å². The van der Waals surface area contributed by atoms with Crippen LogP contribution in [-0.4, -0.2) is 41.1 Å². The third-order valence-electron chi connectivity index (χ3n) is 9.13. The minimum Gasteiger partial charge on any atom is -0.505 e. The minimum absolute atomic E-state index is 0.0674. The van der Waals surface area contributed by atoms with Crippen LogP contribution in [0.1, 0.15) is 0 Å². The first-order chi connectivity index (χ1) is 33.2. The monoisotopic (exact) mass is 1000 g/mol. The predicted octanol–water partition coefficient (Wildman–Crippen LogP) is 12.3. The first-order valence-corrected chi connectivity index (χ1v) is 21.6. The molecule has 8 rings (SSSR count). The van der Waals surface area contributed by atoms with Gasteiger partial charge in [-0.1, -0.05) is 32.3 Å². The summed E-state index contributed by atoms with van der Waals surface area (Å²) in [5.74, 6) is -0.450. The number of aromatic nitrogens is 3. The van der Waals surface area contributed by atoms with Crippen LogP contribution >= 0.6 is 48.2 Å². The lowest BCUT2D eigenvalue weighted by Crippen LogP contribution is -2.25. The van der Waals surface area contributed by atoms with Gasteiger partial charge in [0, 0.05) is 47.3 Å². The molecule has 0 saturated carbocycles. The van der Waals surface area contributed by atoms with E-state index in [1.807, 2.05) is 4.98 Å². The molecule has 0 fully saturated rings. The van der Waals surface area contributed by atoms with Crippen molar-refractivity contribution in [1.82, 2.24) is 15.0 Å². The molecule has 0 aliphatic heterocycles. The van der Waals surface area contributed by atoms with E-state index < -0.39 is 11.4 Å². The van der Waals surface area contributed by atoms with Gasteiger partial charge in [0.25, 0.3) is 0 Å². The number of hydrogen-bond donors (Lipinski definition) is 8. The second-order valence-electron chi connectivity index (χ2n) is 13.1. The third-order valence-corrected chi connectivity index (χ3v) is 11.5. The van der Waals surface area contributed by atoms with Gasteiger partial charge in [0.1, 0.15) is 5.69 Å². The smallest absolute Gasteiger partial charge is 0.352 e. The molecule has 0 saturated heterocycles. The summed E-state index contributed by atoms with van der Waals surface area (Å²) in [5.41, 5.74) is 0.743. The first-order valence-electron chi connectivity index (χ1n) is 18.6. The standard InChI is InChI=1S/C39H26N10O15S4/c50-36-25-8-3-21(40-37-41-38(51)43-39(52)42-37)15-19(25)16-34(68-64-60-56)35(36)49-48-31-12-14-33(29-18-24(67-63-59-55)7-10-27(29)31)47-46-30-11-13-32(28-17-23(66-62-58-54)6-9-26(28)30)45-44-20-1-4-22(5-2-20)65-61-57-53/h1-18,50,53-56H,(H3,40,41,42,43,51,52). The van der Waals surface area contributed by atoms with Crippen LogP contribution in [0.5, 0.6) is 5.75 Å². The fourth-order valence-corrected chi connectivity index (χ4v) is 7.98. The maximum atomic E-state index is 11.7. The highest BCUT2D eigenvalue weighted by molar-refractivity contribution is 7.95. The lowest BCUT2D eigenvalue weighted by Gasteiger charge is -2.11. The van der Waals surface area contributed by atoms with Crippen LogP contribution in [0.2, 0.25) is 0 Å². The second kappa shape index (κ2) is 22.8. The zero-order valence-electron chi connectivity index (χ0n) is 33.5. The number of fused-ring (bicyclic) bond motifs is 3. The normalized spacial score (nSPS) is 11.9. The second-order valence-corrected chi connectivity index (χ2v) is 16.2. The summed E-state index contributed by atoms with van der Waals surface area (Å²) in [6.07, 6.45) is 0. The first kappa shape index (κ1) is 47.7. The highest BCUT2D eigenvalue weighted by Gasteiger charge is 2.17. The van der Waals surface area contributed by atoms with Crippen LogP contribution in [0.3, 0.4) is 0 Å². The molecule has 7 aromatic carbocycles. The van der Waals surface area contributed by atoms with Gasteiger partial charge >= 0.3 is 11.4 Å². The van der Waals surface area contributed by atoms with E-state index in [-0.39, 0.29) is 22.3 Å². The summed E-state index contributed by atoms with van der Waals surface area (Å²) in [5, 5.41) is 94.2. The summed E-state index contributed by atoms with van der Waals surface area (Å²) in [6.45, 7) is 0. The number of rotatable bonds is 20. The van der Waals surface area contributed by atoms with Crippen LogP contribution < -0.4 is 16.7 Å². The Labute approximate surface area is 394 Å². The summed E-state index contributed by atoms with van der Waals surface area (Å²) in [6, 6.07) is 29.8. The maximum absolute atomic E-state index is 11.7. The molecule has 0 atom stereocenters. The van der Waals surface area contributed by atoms with Gasteiger partial charge in [0.05, 0.1) is 81.5 Å². The zero-order valence-corrected chi connectivity index (χ0v) is 36.7. The fraction of sp³-hybridized carbons (Fsp3) is 0. The molecule has 8 N–H and O–H groups in total. The molecular formula is C39H26N10O15S4. The van der Waals surface area contributed by atoms with Crippen molar-refractivity contribution in [1.29, 1.82) is 0 Å². The van der Waals surface area contributed by atoms with Crippen molar-refractivity contribution in [2.24, 2.45) is 30.7 Å². The van der Waals surface area contributed by atoms with Crippen LogP contribution in [0.15, 0.2) is 169 Å². The molecule has 0 spiro atoms. The van der Waals surface area contributed by atoms with Crippen molar-refractivity contribution in [3.63, 3.8) is 0 Å². The Kier molecular flexibility index (Phi) is 16.0. The number of aromatic amines is 2. The topological polar surface area (TPSA) is 340 Å². The number of hydrogen-bond acceptors (Lipinski definition) is 27. The number of nitrogens with zero attached hydrogens (tertiary/aromatic N) is 7. The Hall–Kier alpha value is -6.75. The van der Waals surface area contributed by atoms with Gasteiger partial charge in [-0.05, 0) is 102 Å². The molecule has 0 aliphatic rings. The van der Waals surface area contributed by atoms with Gasteiger partial charge in [-0.2, -0.15) is 10.1 Å². The van der Waals surface area contributed by atoms with E-state index in [9.17, 15) is 14.7 Å². The molecule has 1 aromatic heterocycles. The van der Waals surface area contributed by atoms with Crippen molar-refractivity contribution < 1.29 is 63.6 Å². The molecule has 346 valence electrons. The van der Waals surface area contributed by atoms with Gasteiger partial charge in [-0.25, -0.2) is 30.6 Å². The van der Waals surface area contributed by atoms with Crippen molar-refractivity contribution in [3.05, 3.63) is 130 Å². The van der Waals surface area contributed by atoms with E-state index in [1.54, 1.807) is 109 Å². The van der Waals surface area contributed by atoms with E-state index in [1.165, 1.54) is 0 Å². The van der Waals surface area contributed by atoms with Crippen LogP contribution in [0.4, 0.5) is 45.8 Å². The lowest BCUT2D eigenvalue weighted by molar-refractivity contribution is -0.432. The van der Waals surface area contributed by atoms with Gasteiger partial charge < -0.3 is 10.4 Å². The molecule has 0 aliphatic carbocycles. The molecular weight excluding hydrogens is 977 g/mol. The third kappa shape index (κ3) is 11.7. The highest BCUT2D eigenvalue weighted by atomic mass is 32.2. The van der Waals surface area contributed by atoms with Crippen LogP contribution in [0, 0.1) is 0 Å². The number of azo groups is 3. The average molecular weight is 1000 g/mol. The molecule has 8 aromatic rings. The zero-order chi connectivity index (χ0) is 47.4. The number of anilines is 2. The quantitative estimate of drug-likeness (QED) is 0.0152. The molecule has 0 unspecified atom stereocenters. The number of nitrogens with one attached hydrogen (secondary N) is 3. The molecule has 68 heavy (non-hydrogen) atoms. The van der Waals surface area contributed by atoms with E-state index in [0.717, 1.165) is 24.1 Å². The van der Waals surface area contributed by atoms with E-state index in [4.69, 9.17) is 25.4 Å². The Morgan fingerprint density at radius 1 is 0.500 bits per heavy atom. The van der Waals surface area contributed by atoms with Gasteiger partial charge in [0.2, 0.25) is 5.95 Å². The summed E-state index contributed by atoms with van der Waals surface area (Å²) in [4.78, 5) is 33.3. The van der Waals surface area contributed by atoms with Crippen molar-refractivity contribution >= 4 is 126 Å². The Morgan fingerprint density at radius 3 is 1.57 bits per heavy atom. The number of benzene rings is 7. The molecule has 1 heterocycles. The SMILES string of the molecule is O=c1nc(Nc2ccc3c(O)c(N=Nc4ccc(N=Nc5ccc(N=Nc6ccc(SOOO)cc6)c6cc(SOOO)ccc56)c5cc(SOOO)ccc45)c(SOOO)cc3c2)[nH]c(=O)[nH]1. The largest absolute Gasteiger partial charge is 0.505 e. The number of aromatic hydroxyl groups is 1. The molecule has 0 radical (unpaired) electrons. The van der Waals surface area contributed by atoms with Gasteiger partial charge in [-0.15, -0.1) is 42.9 Å². The summed E-state index contributed by atoms with van der Waals surface area (Å²) < 4.78 is 18.5. The van der Waals surface area contributed by atoms with Crippen molar-refractivity contribution in [2.75, 3.05) is 5.32 Å². The van der Waals surface area contributed by atoms with E-state index in [2.05, 4.69) is 79.1 Å². The Morgan fingerprint density at radius 2 is 1.00 bits per heavy atom. The molecule has 0 bridgehead atoms. The summed E-state index contributed by atoms with van der Waals surface area (Å²) >= 11 is 2.77. The lowest BCUT2D eigenvalue weighted by atomic mass is 10.1. The predicted molar refractivity (Wildman–Crippen MR) is 244 cm³/mol. The number of phenolic OH excluding ortho intramolecular Hbond substituents is 1. The Bertz CT molecular complexity index is 3300. The molecule has 25 nitrogen and oxygen atoms in total. The highest BCUT2D eigenvalue weighted by Crippen LogP contribution is 2.46. The average Bonchev–Trinajstić information content (AvgIpc) is 3.34. The number of H-pyrrole nitrogens is 2. The van der Waals surface area contributed by atoms with Gasteiger partial charge in [0.15, 0.2) is 5.75 Å². The van der Waals surface area contributed by atoms with Gasteiger partial charge in [-0.3, -0.25) is 9.97 Å². The maximum Gasteiger partial charge on any atom is 0.352 e. The van der Waals surface area contributed by atoms with Crippen LogP contribution in [-0.2, 0) is 37.5 Å².